The van der Waals surface area contributed by atoms with Crippen molar-refractivity contribution in [2.45, 2.75) is 26.3 Å². The quantitative estimate of drug-likeness (QED) is 0.589. The third-order valence-corrected chi connectivity index (χ3v) is 3.87. The maximum absolute atomic E-state index is 14.3. The Kier molecular flexibility index (Phi) is 6.54. The molecule has 0 aliphatic rings. The molecule has 0 saturated heterocycles. The van der Waals surface area contributed by atoms with Gasteiger partial charge in [0.1, 0.15) is 11.0 Å². The molecule has 0 radical (unpaired) electrons. The van der Waals surface area contributed by atoms with Crippen molar-refractivity contribution in [3.63, 3.8) is 0 Å². The molecule has 7 heteroatoms. The largest absolute Gasteiger partial charge is 0.467 e. The van der Waals surface area contributed by atoms with Gasteiger partial charge in [-0.3, -0.25) is 0 Å². The number of carbonyl (C=O) groups is 1. The van der Waals surface area contributed by atoms with Crippen LogP contribution >= 0.6 is 28.1 Å². The number of rotatable bonds is 6. The standard InChI is InChI=1S/C14H18BrFN2O2S/c1-7(2)6-10(14(19)20-3)18-9-5-4-8(13(17)21)11(15)12(9)16/h4-5,7,10,18H,6H2,1-3H3,(H2,17,21). The second-order valence-corrected chi connectivity index (χ2v) is 6.24. The lowest BCUT2D eigenvalue weighted by atomic mass is 10.0. The molecule has 0 saturated carbocycles. The number of nitrogens with two attached hydrogens (primary N) is 1. The molecule has 1 unspecified atom stereocenters. The maximum atomic E-state index is 14.3. The van der Waals surface area contributed by atoms with Gasteiger partial charge in [0.15, 0.2) is 5.82 Å². The van der Waals surface area contributed by atoms with Crippen molar-refractivity contribution in [1.82, 2.24) is 0 Å². The molecule has 0 amide bonds. The number of halogens is 2. The van der Waals surface area contributed by atoms with E-state index in [0.717, 1.165) is 0 Å². The number of thiocarbonyl (C=S) groups is 1. The number of methoxy groups -OCH3 is 1. The summed E-state index contributed by atoms with van der Waals surface area (Å²) in [6, 6.07) is 2.49. The van der Waals surface area contributed by atoms with Gasteiger partial charge in [0, 0.05) is 5.56 Å². The van der Waals surface area contributed by atoms with Crippen molar-refractivity contribution in [1.29, 1.82) is 0 Å². The third-order valence-electron chi connectivity index (χ3n) is 2.87. The first-order valence-corrected chi connectivity index (χ1v) is 7.60. The summed E-state index contributed by atoms with van der Waals surface area (Å²) >= 11 is 7.97. The summed E-state index contributed by atoms with van der Waals surface area (Å²) in [7, 11) is 1.31. The molecule has 0 bridgehead atoms. The van der Waals surface area contributed by atoms with E-state index in [1.807, 2.05) is 13.8 Å². The molecule has 0 aromatic heterocycles. The van der Waals surface area contributed by atoms with Crippen LogP contribution in [0.15, 0.2) is 16.6 Å². The van der Waals surface area contributed by atoms with Gasteiger partial charge in [-0.1, -0.05) is 26.1 Å². The number of ether oxygens (including phenoxy) is 1. The Bertz CT molecular complexity index is 552. The van der Waals surface area contributed by atoms with E-state index in [0.29, 0.717) is 12.0 Å². The van der Waals surface area contributed by atoms with Crippen LogP contribution in [0.4, 0.5) is 10.1 Å². The Morgan fingerprint density at radius 3 is 2.62 bits per heavy atom. The van der Waals surface area contributed by atoms with Crippen molar-refractivity contribution < 1.29 is 13.9 Å². The lowest BCUT2D eigenvalue weighted by Crippen LogP contribution is -2.32. The van der Waals surface area contributed by atoms with Gasteiger partial charge in [0.25, 0.3) is 0 Å². The van der Waals surface area contributed by atoms with Crippen molar-refractivity contribution in [3.8, 4) is 0 Å². The molecule has 0 heterocycles. The smallest absolute Gasteiger partial charge is 0.328 e. The highest BCUT2D eigenvalue weighted by atomic mass is 79.9. The number of carbonyl (C=O) groups excluding carboxylic acids is 1. The number of nitrogens with one attached hydrogen (secondary N) is 1. The Morgan fingerprint density at radius 1 is 1.52 bits per heavy atom. The zero-order valence-corrected chi connectivity index (χ0v) is 14.5. The Balaban J connectivity index is 3.07. The molecule has 1 aromatic carbocycles. The van der Waals surface area contributed by atoms with Gasteiger partial charge in [-0.2, -0.15) is 0 Å². The predicted molar refractivity (Wildman–Crippen MR) is 88.9 cm³/mol. The lowest BCUT2D eigenvalue weighted by molar-refractivity contribution is -0.141. The predicted octanol–water partition coefficient (Wildman–Crippen LogP) is 3.22. The molecule has 0 fully saturated rings. The molecule has 1 aromatic rings. The van der Waals surface area contributed by atoms with Gasteiger partial charge in [-0.25, -0.2) is 9.18 Å². The van der Waals surface area contributed by atoms with Crippen LogP contribution in [0.25, 0.3) is 0 Å². The van der Waals surface area contributed by atoms with Crippen LogP contribution in [-0.2, 0) is 9.53 Å². The van der Waals surface area contributed by atoms with Crippen LogP contribution in [0.3, 0.4) is 0 Å². The molecule has 0 aliphatic heterocycles. The fourth-order valence-electron chi connectivity index (χ4n) is 1.87. The van der Waals surface area contributed by atoms with Gasteiger partial charge in [0.05, 0.1) is 17.3 Å². The molecule has 21 heavy (non-hydrogen) atoms. The van der Waals surface area contributed by atoms with Crippen LogP contribution in [0.1, 0.15) is 25.8 Å². The average molecular weight is 377 g/mol. The third kappa shape index (κ3) is 4.64. The van der Waals surface area contributed by atoms with E-state index in [2.05, 4.69) is 21.2 Å². The normalized spacial score (nSPS) is 12.1. The Hall–Kier alpha value is -1.21. The van der Waals surface area contributed by atoms with Gasteiger partial charge < -0.3 is 15.8 Å². The number of esters is 1. The van der Waals surface area contributed by atoms with E-state index in [-0.39, 0.29) is 21.1 Å². The fraction of sp³-hybridized carbons (Fsp3) is 0.429. The summed E-state index contributed by atoms with van der Waals surface area (Å²) in [6.07, 6.45) is 0.529. The first kappa shape index (κ1) is 17.8. The highest BCUT2D eigenvalue weighted by Crippen LogP contribution is 2.28. The molecule has 0 aliphatic carbocycles. The topological polar surface area (TPSA) is 64.3 Å². The number of anilines is 1. The summed E-state index contributed by atoms with van der Waals surface area (Å²) in [6.45, 7) is 3.94. The van der Waals surface area contributed by atoms with Gasteiger partial charge in [-0.05, 0) is 40.4 Å². The summed E-state index contributed by atoms with van der Waals surface area (Å²) in [5, 5.41) is 2.87. The minimum atomic E-state index is -0.618. The Morgan fingerprint density at radius 2 is 2.14 bits per heavy atom. The summed E-state index contributed by atoms with van der Waals surface area (Å²) in [4.78, 5) is 11.9. The molecular weight excluding hydrogens is 359 g/mol. The number of hydrogen-bond acceptors (Lipinski definition) is 4. The summed E-state index contributed by atoms with van der Waals surface area (Å²) in [5.41, 5.74) is 6.11. The number of benzene rings is 1. The first-order valence-electron chi connectivity index (χ1n) is 6.40. The monoisotopic (exact) mass is 376 g/mol. The maximum Gasteiger partial charge on any atom is 0.328 e. The molecule has 1 atom stereocenters. The zero-order chi connectivity index (χ0) is 16.2. The van der Waals surface area contributed by atoms with Crippen LogP contribution in [-0.4, -0.2) is 24.1 Å². The van der Waals surface area contributed by atoms with E-state index >= 15 is 0 Å². The molecule has 3 N–H and O–H groups in total. The first-order chi connectivity index (χ1) is 9.77. The van der Waals surface area contributed by atoms with Crippen molar-refractivity contribution in [2.24, 2.45) is 11.7 Å². The molecule has 0 spiro atoms. The van der Waals surface area contributed by atoms with Crippen LogP contribution in [0.2, 0.25) is 0 Å². The minimum Gasteiger partial charge on any atom is -0.467 e. The minimum absolute atomic E-state index is 0.0963. The fourth-order valence-corrected chi connectivity index (χ4v) is 2.73. The molecular formula is C14H18BrFN2O2S. The van der Waals surface area contributed by atoms with Crippen LogP contribution in [0, 0.1) is 11.7 Å². The van der Waals surface area contributed by atoms with E-state index < -0.39 is 17.8 Å². The number of hydrogen-bond donors (Lipinski definition) is 2. The van der Waals surface area contributed by atoms with Crippen LogP contribution < -0.4 is 11.1 Å². The van der Waals surface area contributed by atoms with Crippen molar-refractivity contribution >= 4 is 44.8 Å². The average Bonchev–Trinajstić information content (AvgIpc) is 2.41. The molecule has 116 valence electrons. The lowest BCUT2D eigenvalue weighted by Gasteiger charge is -2.20. The molecule has 1 rings (SSSR count). The van der Waals surface area contributed by atoms with Gasteiger partial charge >= 0.3 is 5.97 Å². The van der Waals surface area contributed by atoms with Crippen molar-refractivity contribution in [3.05, 3.63) is 28.0 Å². The highest BCUT2D eigenvalue weighted by molar-refractivity contribution is 9.10. The zero-order valence-electron chi connectivity index (χ0n) is 12.1. The summed E-state index contributed by atoms with van der Waals surface area (Å²) < 4.78 is 19.2. The molecule has 4 nitrogen and oxygen atoms in total. The second-order valence-electron chi connectivity index (χ2n) is 5.00. The van der Waals surface area contributed by atoms with Gasteiger partial charge in [0.2, 0.25) is 0 Å². The second kappa shape index (κ2) is 7.70. The van der Waals surface area contributed by atoms with E-state index in [1.54, 1.807) is 6.07 Å². The van der Waals surface area contributed by atoms with Gasteiger partial charge in [-0.15, -0.1) is 0 Å². The van der Waals surface area contributed by atoms with E-state index in [1.165, 1.54) is 13.2 Å². The van der Waals surface area contributed by atoms with E-state index in [9.17, 15) is 9.18 Å². The SMILES string of the molecule is COC(=O)C(CC(C)C)Nc1ccc(C(N)=S)c(Br)c1F. The summed E-state index contributed by atoms with van der Waals surface area (Å²) in [5.74, 6) is -0.723. The van der Waals surface area contributed by atoms with Crippen LogP contribution in [0.5, 0.6) is 0 Å². The highest BCUT2D eigenvalue weighted by Gasteiger charge is 2.23. The Labute approximate surface area is 137 Å². The van der Waals surface area contributed by atoms with Crippen molar-refractivity contribution in [2.75, 3.05) is 12.4 Å². The van der Waals surface area contributed by atoms with E-state index in [4.69, 9.17) is 22.7 Å².